The zero-order valence-corrected chi connectivity index (χ0v) is 17.4. The van der Waals surface area contributed by atoms with Gasteiger partial charge in [-0.05, 0) is 43.3 Å². The van der Waals surface area contributed by atoms with Gasteiger partial charge in [0.15, 0.2) is 12.7 Å². The molecule has 7 nitrogen and oxygen atoms in total. The van der Waals surface area contributed by atoms with Gasteiger partial charge in [-0.1, -0.05) is 28.1 Å². The number of amides is 2. The zero-order valence-electron chi connectivity index (χ0n) is 15.8. The fourth-order valence-corrected chi connectivity index (χ4v) is 2.35. The lowest BCUT2D eigenvalue weighted by molar-refractivity contribution is -0.130. The van der Waals surface area contributed by atoms with Crippen LogP contribution in [0.25, 0.3) is 0 Å². The number of nitrogens with zero attached hydrogens (tertiary/aromatic N) is 1. The molecule has 148 valence electrons. The van der Waals surface area contributed by atoms with Crippen LogP contribution < -0.4 is 10.1 Å². The highest BCUT2D eigenvalue weighted by atomic mass is 79.9. The molecule has 2 aromatic carbocycles. The number of hydrogen-bond acceptors (Lipinski definition) is 5. The number of carbonyl (C=O) groups is 3. The molecule has 8 heteroatoms. The number of nitrogens with one attached hydrogen (secondary N) is 1. The van der Waals surface area contributed by atoms with E-state index in [1.54, 1.807) is 56.6 Å². The minimum absolute atomic E-state index is 0.136. The first kappa shape index (κ1) is 21.4. The fourth-order valence-electron chi connectivity index (χ4n) is 2.08. The zero-order chi connectivity index (χ0) is 20.7. The molecule has 0 aromatic heterocycles. The molecule has 2 aromatic rings. The third-order valence-corrected chi connectivity index (χ3v) is 4.25. The SMILES string of the molecule is CC(OC(=O)c1ccccc1OCC(=O)N(C)C)C(=O)Nc1ccc(Br)cc1. The molecule has 2 rings (SSSR count). The van der Waals surface area contributed by atoms with Crippen molar-refractivity contribution in [3.05, 3.63) is 58.6 Å². The van der Waals surface area contributed by atoms with E-state index in [4.69, 9.17) is 9.47 Å². The molecule has 1 unspecified atom stereocenters. The van der Waals surface area contributed by atoms with Crippen molar-refractivity contribution < 1.29 is 23.9 Å². The molecule has 0 radical (unpaired) electrons. The van der Waals surface area contributed by atoms with Crippen LogP contribution in [-0.4, -0.2) is 49.5 Å². The van der Waals surface area contributed by atoms with E-state index in [2.05, 4.69) is 21.2 Å². The van der Waals surface area contributed by atoms with Gasteiger partial charge in [0.2, 0.25) is 0 Å². The van der Waals surface area contributed by atoms with Crippen molar-refractivity contribution >= 4 is 39.4 Å². The van der Waals surface area contributed by atoms with Gasteiger partial charge in [0.05, 0.1) is 0 Å². The second kappa shape index (κ2) is 9.89. The smallest absolute Gasteiger partial charge is 0.342 e. The molecule has 28 heavy (non-hydrogen) atoms. The molecule has 0 aliphatic carbocycles. The summed E-state index contributed by atoms with van der Waals surface area (Å²) in [6.07, 6.45) is -1.02. The molecule has 0 saturated carbocycles. The molecule has 2 amide bonds. The Kier molecular flexibility index (Phi) is 7.57. The first-order chi connectivity index (χ1) is 13.3. The summed E-state index contributed by atoms with van der Waals surface area (Å²) in [5.41, 5.74) is 0.722. The van der Waals surface area contributed by atoms with E-state index >= 15 is 0 Å². The van der Waals surface area contributed by atoms with Crippen molar-refractivity contribution in [2.45, 2.75) is 13.0 Å². The predicted octanol–water partition coefficient (Wildman–Crippen LogP) is 3.10. The molecule has 0 fully saturated rings. The van der Waals surface area contributed by atoms with Gasteiger partial charge in [0.1, 0.15) is 11.3 Å². The maximum atomic E-state index is 12.5. The predicted molar refractivity (Wildman–Crippen MR) is 108 cm³/mol. The van der Waals surface area contributed by atoms with Crippen LogP contribution in [0, 0.1) is 0 Å². The Labute approximate surface area is 171 Å². The minimum atomic E-state index is -1.02. The lowest BCUT2D eigenvalue weighted by Gasteiger charge is -2.16. The van der Waals surface area contributed by atoms with Gasteiger partial charge in [-0.3, -0.25) is 9.59 Å². The van der Waals surface area contributed by atoms with Crippen LogP contribution >= 0.6 is 15.9 Å². The van der Waals surface area contributed by atoms with Crippen LogP contribution in [0.1, 0.15) is 17.3 Å². The van der Waals surface area contributed by atoms with E-state index < -0.39 is 18.0 Å². The van der Waals surface area contributed by atoms with E-state index in [-0.39, 0.29) is 23.8 Å². The molecule has 0 aliphatic rings. The number of para-hydroxylation sites is 1. The summed E-state index contributed by atoms with van der Waals surface area (Å²) in [6.45, 7) is 1.27. The third kappa shape index (κ3) is 6.09. The van der Waals surface area contributed by atoms with Crippen LogP contribution in [0.4, 0.5) is 5.69 Å². The molecular weight excluding hydrogens is 428 g/mol. The van der Waals surface area contributed by atoms with E-state index in [9.17, 15) is 14.4 Å². The van der Waals surface area contributed by atoms with Gasteiger partial charge in [-0.25, -0.2) is 4.79 Å². The van der Waals surface area contributed by atoms with Gasteiger partial charge in [0.25, 0.3) is 11.8 Å². The Hall–Kier alpha value is -2.87. The highest BCUT2D eigenvalue weighted by molar-refractivity contribution is 9.10. The van der Waals surface area contributed by atoms with E-state index in [0.717, 1.165) is 4.47 Å². The average molecular weight is 449 g/mol. The Bertz CT molecular complexity index is 852. The molecule has 0 bridgehead atoms. The van der Waals surface area contributed by atoms with Gasteiger partial charge in [-0.15, -0.1) is 0 Å². The van der Waals surface area contributed by atoms with Crippen LogP contribution in [-0.2, 0) is 14.3 Å². The van der Waals surface area contributed by atoms with Crippen molar-refractivity contribution in [2.24, 2.45) is 0 Å². The van der Waals surface area contributed by atoms with Crippen molar-refractivity contribution in [1.82, 2.24) is 4.90 Å². The van der Waals surface area contributed by atoms with Crippen LogP contribution in [0.15, 0.2) is 53.0 Å². The maximum Gasteiger partial charge on any atom is 0.342 e. The molecule has 0 spiro atoms. The van der Waals surface area contributed by atoms with Crippen molar-refractivity contribution in [2.75, 3.05) is 26.0 Å². The van der Waals surface area contributed by atoms with Crippen molar-refractivity contribution in [3.8, 4) is 5.75 Å². The largest absolute Gasteiger partial charge is 0.483 e. The lowest BCUT2D eigenvalue weighted by atomic mass is 10.2. The van der Waals surface area contributed by atoms with Gasteiger partial charge in [-0.2, -0.15) is 0 Å². The number of anilines is 1. The van der Waals surface area contributed by atoms with Gasteiger partial charge < -0.3 is 19.7 Å². The Balaban J connectivity index is 2.00. The highest BCUT2D eigenvalue weighted by Crippen LogP contribution is 2.20. The molecule has 0 heterocycles. The summed E-state index contributed by atoms with van der Waals surface area (Å²) in [7, 11) is 3.22. The normalized spacial score (nSPS) is 11.3. The number of halogens is 1. The number of benzene rings is 2. The Morgan fingerprint density at radius 1 is 1.07 bits per heavy atom. The lowest BCUT2D eigenvalue weighted by Crippen LogP contribution is -2.30. The number of rotatable bonds is 7. The number of hydrogen-bond donors (Lipinski definition) is 1. The minimum Gasteiger partial charge on any atom is -0.483 e. The summed E-state index contributed by atoms with van der Waals surface area (Å²) in [4.78, 5) is 37.8. The summed E-state index contributed by atoms with van der Waals surface area (Å²) < 4.78 is 11.6. The van der Waals surface area contributed by atoms with Crippen LogP contribution in [0.3, 0.4) is 0 Å². The quantitative estimate of drug-likeness (QED) is 0.657. The van der Waals surface area contributed by atoms with Crippen molar-refractivity contribution in [1.29, 1.82) is 0 Å². The fraction of sp³-hybridized carbons (Fsp3) is 0.250. The summed E-state index contributed by atoms with van der Waals surface area (Å²) in [6, 6.07) is 13.4. The molecule has 1 atom stereocenters. The average Bonchev–Trinajstić information content (AvgIpc) is 2.67. The second-order valence-corrected chi connectivity index (χ2v) is 7.03. The molecule has 1 N–H and O–H groups in total. The van der Waals surface area contributed by atoms with E-state index in [1.807, 2.05) is 0 Å². The van der Waals surface area contributed by atoms with Crippen molar-refractivity contribution in [3.63, 3.8) is 0 Å². The maximum absolute atomic E-state index is 12.5. The standard InChI is InChI=1S/C20H21BrN2O5/c1-13(19(25)22-15-10-8-14(21)9-11-15)28-20(26)16-6-4-5-7-17(16)27-12-18(24)23(2)3/h4-11,13H,12H2,1-3H3,(H,22,25). The highest BCUT2D eigenvalue weighted by Gasteiger charge is 2.22. The number of ether oxygens (including phenoxy) is 2. The summed E-state index contributed by atoms with van der Waals surface area (Å²) >= 11 is 3.32. The first-order valence-electron chi connectivity index (χ1n) is 8.47. The third-order valence-electron chi connectivity index (χ3n) is 3.72. The number of likely N-dealkylation sites (N-methyl/N-ethyl adjacent to an activating group) is 1. The number of carbonyl (C=O) groups excluding carboxylic acids is 3. The monoisotopic (exact) mass is 448 g/mol. The van der Waals surface area contributed by atoms with Crippen LogP contribution in [0.5, 0.6) is 5.75 Å². The molecule has 0 aliphatic heterocycles. The van der Waals surface area contributed by atoms with Crippen LogP contribution in [0.2, 0.25) is 0 Å². The molecular formula is C20H21BrN2O5. The van der Waals surface area contributed by atoms with E-state index in [0.29, 0.717) is 5.69 Å². The first-order valence-corrected chi connectivity index (χ1v) is 9.26. The Morgan fingerprint density at radius 3 is 2.36 bits per heavy atom. The van der Waals surface area contributed by atoms with Gasteiger partial charge >= 0.3 is 5.97 Å². The Morgan fingerprint density at radius 2 is 1.71 bits per heavy atom. The topological polar surface area (TPSA) is 84.9 Å². The number of esters is 1. The second-order valence-electron chi connectivity index (χ2n) is 6.12. The summed E-state index contributed by atoms with van der Waals surface area (Å²) in [5.74, 6) is -1.21. The molecule has 0 saturated heterocycles. The summed E-state index contributed by atoms with van der Waals surface area (Å²) in [5, 5.41) is 2.67. The van der Waals surface area contributed by atoms with E-state index in [1.165, 1.54) is 17.9 Å². The van der Waals surface area contributed by atoms with Gasteiger partial charge in [0, 0.05) is 24.3 Å².